The number of carbonyl (C=O) groups is 1. The summed E-state index contributed by atoms with van der Waals surface area (Å²) in [6.07, 6.45) is 1.52. The van der Waals surface area contributed by atoms with E-state index in [1.165, 1.54) is 18.4 Å². The molecule has 88 valence electrons. The third-order valence-electron chi connectivity index (χ3n) is 2.18. The Bertz CT molecular complexity index is 525. The van der Waals surface area contributed by atoms with Gasteiger partial charge in [0.15, 0.2) is 0 Å². The van der Waals surface area contributed by atoms with Gasteiger partial charge in [0.25, 0.3) is 5.91 Å². The molecule has 1 amide bonds. The zero-order chi connectivity index (χ0) is 12.3. The summed E-state index contributed by atoms with van der Waals surface area (Å²) in [6, 6.07) is 7.68. The first-order chi connectivity index (χ1) is 8.16. The zero-order valence-electron chi connectivity index (χ0n) is 8.74. The summed E-state index contributed by atoms with van der Waals surface area (Å²) in [5.41, 5.74) is 0.00549. The van der Waals surface area contributed by atoms with Crippen LogP contribution in [0.3, 0.4) is 0 Å². The second-order valence-corrected chi connectivity index (χ2v) is 4.30. The topological polar surface area (TPSA) is 42.2 Å². The highest BCUT2D eigenvalue weighted by Crippen LogP contribution is 2.15. The lowest BCUT2D eigenvalue weighted by Crippen LogP contribution is -2.23. The SMILES string of the molecule is O=C(NCc1ccco1)c1cc(Br)ccc1F. The van der Waals surface area contributed by atoms with Crippen molar-refractivity contribution in [2.75, 3.05) is 0 Å². The normalized spacial score (nSPS) is 10.2. The van der Waals surface area contributed by atoms with Crippen LogP contribution in [-0.4, -0.2) is 5.91 Å². The minimum absolute atomic E-state index is 0.00549. The highest BCUT2D eigenvalue weighted by molar-refractivity contribution is 9.10. The molecule has 0 atom stereocenters. The molecule has 0 aliphatic rings. The van der Waals surface area contributed by atoms with Crippen molar-refractivity contribution in [2.24, 2.45) is 0 Å². The van der Waals surface area contributed by atoms with Crippen molar-refractivity contribution in [3.63, 3.8) is 0 Å². The van der Waals surface area contributed by atoms with Gasteiger partial charge < -0.3 is 9.73 Å². The standard InChI is InChI=1S/C12H9BrFNO2/c13-8-3-4-11(14)10(6-8)12(16)15-7-9-2-1-5-17-9/h1-6H,7H2,(H,15,16). The minimum Gasteiger partial charge on any atom is -0.467 e. The van der Waals surface area contributed by atoms with Crippen LogP contribution in [0.1, 0.15) is 16.1 Å². The van der Waals surface area contributed by atoms with Crippen LogP contribution in [0.5, 0.6) is 0 Å². The fourth-order valence-electron chi connectivity index (χ4n) is 1.35. The van der Waals surface area contributed by atoms with Crippen LogP contribution in [-0.2, 0) is 6.54 Å². The van der Waals surface area contributed by atoms with Gasteiger partial charge in [0, 0.05) is 4.47 Å². The van der Waals surface area contributed by atoms with E-state index in [4.69, 9.17) is 4.42 Å². The van der Waals surface area contributed by atoms with Crippen molar-refractivity contribution in [2.45, 2.75) is 6.54 Å². The Kier molecular flexibility index (Phi) is 3.58. The molecule has 1 aromatic heterocycles. The molecule has 1 heterocycles. The van der Waals surface area contributed by atoms with Gasteiger partial charge in [0.05, 0.1) is 18.4 Å². The molecule has 0 spiro atoms. The van der Waals surface area contributed by atoms with E-state index < -0.39 is 11.7 Å². The molecule has 1 N–H and O–H groups in total. The van der Waals surface area contributed by atoms with Gasteiger partial charge in [-0.15, -0.1) is 0 Å². The monoisotopic (exact) mass is 297 g/mol. The quantitative estimate of drug-likeness (QED) is 0.946. The predicted octanol–water partition coefficient (Wildman–Crippen LogP) is 3.11. The third kappa shape index (κ3) is 2.94. The molecule has 0 saturated heterocycles. The summed E-state index contributed by atoms with van der Waals surface area (Å²) in [5.74, 6) is -0.404. The second-order valence-electron chi connectivity index (χ2n) is 3.39. The van der Waals surface area contributed by atoms with Crippen LogP contribution in [0.2, 0.25) is 0 Å². The van der Waals surface area contributed by atoms with E-state index >= 15 is 0 Å². The Morgan fingerprint density at radius 2 is 2.24 bits per heavy atom. The summed E-state index contributed by atoms with van der Waals surface area (Å²) in [7, 11) is 0. The number of nitrogens with one attached hydrogen (secondary N) is 1. The zero-order valence-corrected chi connectivity index (χ0v) is 10.3. The van der Waals surface area contributed by atoms with Gasteiger partial charge in [-0.25, -0.2) is 4.39 Å². The lowest BCUT2D eigenvalue weighted by atomic mass is 10.2. The highest BCUT2D eigenvalue weighted by Gasteiger charge is 2.12. The second kappa shape index (κ2) is 5.14. The molecular weight excluding hydrogens is 289 g/mol. The van der Waals surface area contributed by atoms with Crippen molar-refractivity contribution in [3.05, 3.63) is 58.2 Å². The molecule has 0 fully saturated rings. The lowest BCUT2D eigenvalue weighted by molar-refractivity contribution is 0.0944. The van der Waals surface area contributed by atoms with E-state index in [-0.39, 0.29) is 12.1 Å². The van der Waals surface area contributed by atoms with E-state index in [0.717, 1.165) is 0 Å². The van der Waals surface area contributed by atoms with Crippen molar-refractivity contribution in [3.8, 4) is 0 Å². The first-order valence-corrected chi connectivity index (χ1v) is 5.72. The average molecular weight is 298 g/mol. The van der Waals surface area contributed by atoms with Crippen LogP contribution in [0.4, 0.5) is 4.39 Å². The highest BCUT2D eigenvalue weighted by atomic mass is 79.9. The van der Waals surface area contributed by atoms with E-state index in [0.29, 0.717) is 10.2 Å². The number of hydrogen-bond donors (Lipinski definition) is 1. The van der Waals surface area contributed by atoms with Crippen LogP contribution < -0.4 is 5.32 Å². The summed E-state index contributed by atoms with van der Waals surface area (Å²) >= 11 is 3.19. The van der Waals surface area contributed by atoms with E-state index in [2.05, 4.69) is 21.2 Å². The molecule has 1 aromatic carbocycles. The largest absolute Gasteiger partial charge is 0.467 e. The molecular formula is C12H9BrFNO2. The van der Waals surface area contributed by atoms with Gasteiger partial charge >= 0.3 is 0 Å². The Hall–Kier alpha value is -1.62. The molecule has 0 aliphatic carbocycles. The van der Waals surface area contributed by atoms with Crippen LogP contribution in [0.25, 0.3) is 0 Å². The van der Waals surface area contributed by atoms with E-state index in [9.17, 15) is 9.18 Å². The number of amides is 1. The Morgan fingerprint density at radius 1 is 1.41 bits per heavy atom. The molecule has 2 rings (SSSR count). The number of halogens is 2. The maximum Gasteiger partial charge on any atom is 0.254 e. The van der Waals surface area contributed by atoms with Crippen LogP contribution in [0.15, 0.2) is 45.5 Å². The first-order valence-electron chi connectivity index (χ1n) is 4.92. The molecule has 2 aromatic rings. The summed E-state index contributed by atoms with van der Waals surface area (Å²) in [5, 5.41) is 2.58. The molecule has 0 unspecified atom stereocenters. The van der Waals surface area contributed by atoms with E-state index in [1.807, 2.05) is 0 Å². The van der Waals surface area contributed by atoms with Crippen LogP contribution in [0, 0.1) is 5.82 Å². The molecule has 0 bridgehead atoms. The number of hydrogen-bond acceptors (Lipinski definition) is 2. The van der Waals surface area contributed by atoms with Gasteiger partial charge in [-0.3, -0.25) is 4.79 Å². The van der Waals surface area contributed by atoms with Gasteiger partial charge in [-0.1, -0.05) is 15.9 Å². The third-order valence-corrected chi connectivity index (χ3v) is 2.67. The fraction of sp³-hybridized carbons (Fsp3) is 0.0833. The van der Waals surface area contributed by atoms with Gasteiger partial charge in [0.2, 0.25) is 0 Å². The van der Waals surface area contributed by atoms with E-state index in [1.54, 1.807) is 18.2 Å². The minimum atomic E-state index is -0.551. The van der Waals surface area contributed by atoms with Gasteiger partial charge in [0.1, 0.15) is 11.6 Å². The van der Waals surface area contributed by atoms with Crippen molar-refractivity contribution in [1.29, 1.82) is 0 Å². The number of furan rings is 1. The fourth-order valence-corrected chi connectivity index (χ4v) is 1.71. The average Bonchev–Trinajstić information content (AvgIpc) is 2.82. The number of benzene rings is 1. The molecule has 17 heavy (non-hydrogen) atoms. The molecule has 0 radical (unpaired) electrons. The Morgan fingerprint density at radius 3 is 2.94 bits per heavy atom. The lowest BCUT2D eigenvalue weighted by Gasteiger charge is -2.04. The number of carbonyl (C=O) groups excluding carboxylic acids is 1. The smallest absolute Gasteiger partial charge is 0.254 e. The van der Waals surface area contributed by atoms with Crippen molar-refractivity contribution in [1.82, 2.24) is 5.32 Å². The summed E-state index contributed by atoms with van der Waals surface area (Å²) < 4.78 is 19.1. The van der Waals surface area contributed by atoms with Crippen molar-refractivity contribution < 1.29 is 13.6 Å². The summed E-state index contributed by atoms with van der Waals surface area (Å²) in [4.78, 5) is 11.7. The Labute approximate surface area is 106 Å². The molecule has 0 saturated carbocycles. The maximum absolute atomic E-state index is 13.4. The van der Waals surface area contributed by atoms with Crippen LogP contribution >= 0.6 is 15.9 Å². The van der Waals surface area contributed by atoms with Crippen molar-refractivity contribution >= 4 is 21.8 Å². The first kappa shape index (κ1) is 11.9. The maximum atomic E-state index is 13.4. The summed E-state index contributed by atoms with van der Waals surface area (Å²) in [6.45, 7) is 0.234. The predicted molar refractivity (Wildman–Crippen MR) is 64.0 cm³/mol. The Balaban J connectivity index is 2.07. The molecule has 5 heteroatoms. The van der Waals surface area contributed by atoms with Gasteiger partial charge in [-0.05, 0) is 30.3 Å². The van der Waals surface area contributed by atoms with Gasteiger partial charge in [-0.2, -0.15) is 0 Å². The molecule has 0 aliphatic heterocycles. The number of rotatable bonds is 3. The molecule has 3 nitrogen and oxygen atoms in total.